The van der Waals surface area contributed by atoms with Crippen molar-refractivity contribution in [1.29, 1.82) is 0 Å². The highest BCUT2D eigenvalue weighted by molar-refractivity contribution is 7.98. The van der Waals surface area contributed by atoms with Crippen LogP contribution in [0.25, 0.3) is 0 Å². The zero-order valence-corrected chi connectivity index (χ0v) is 11.2. The lowest BCUT2D eigenvalue weighted by molar-refractivity contribution is 0.197. The van der Waals surface area contributed by atoms with Gasteiger partial charge < -0.3 is 5.11 Å². The second kappa shape index (κ2) is 6.21. The van der Waals surface area contributed by atoms with Gasteiger partial charge in [-0.3, -0.25) is 0 Å². The van der Waals surface area contributed by atoms with Crippen molar-refractivity contribution in [2.75, 3.05) is 5.75 Å². The first-order valence-electron chi connectivity index (χ1n) is 5.59. The van der Waals surface area contributed by atoms with Crippen LogP contribution in [0.1, 0.15) is 44.0 Å². The van der Waals surface area contributed by atoms with Gasteiger partial charge in [-0.1, -0.05) is 13.8 Å². The van der Waals surface area contributed by atoms with Gasteiger partial charge in [0.1, 0.15) is 5.82 Å². The summed E-state index contributed by atoms with van der Waals surface area (Å²) in [7, 11) is 0. The van der Waals surface area contributed by atoms with Crippen LogP contribution in [-0.2, 0) is 5.75 Å². The van der Waals surface area contributed by atoms with Crippen LogP contribution in [0.15, 0.2) is 6.20 Å². The lowest BCUT2D eigenvalue weighted by Crippen LogP contribution is -2.03. The van der Waals surface area contributed by atoms with Crippen LogP contribution in [-0.4, -0.2) is 20.8 Å². The maximum Gasteiger partial charge on any atom is 0.138 e. The molecule has 0 radical (unpaired) electrons. The highest BCUT2D eigenvalue weighted by atomic mass is 32.2. The molecule has 0 aliphatic carbocycles. The van der Waals surface area contributed by atoms with E-state index in [1.54, 1.807) is 13.1 Å². The van der Waals surface area contributed by atoms with Crippen LogP contribution < -0.4 is 0 Å². The minimum Gasteiger partial charge on any atom is -0.389 e. The summed E-state index contributed by atoms with van der Waals surface area (Å²) in [6.07, 6.45) is 1.25. The minimum atomic E-state index is -0.489. The van der Waals surface area contributed by atoms with E-state index in [0.29, 0.717) is 5.92 Å². The summed E-state index contributed by atoms with van der Waals surface area (Å²) in [5.74, 6) is 3.52. The van der Waals surface area contributed by atoms with Gasteiger partial charge in [-0.15, -0.1) is 0 Å². The number of aryl methyl sites for hydroxylation is 1. The molecule has 0 unspecified atom stereocenters. The molecule has 0 saturated carbocycles. The lowest BCUT2D eigenvalue weighted by atomic mass is 10.1. The van der Waals surface area contributed by atoms with Crippen molar-refractivity contribution in [3.05, 3.63) is 23.3 Å². The Kier molecular flexibility index (Phi) is 5.22. The van der Waals surface area contributed by atoms with E-state index in [0.717, 1.165) is 28.6 Å². The topological polar surface area (TPSA) is 46.0 Å². The Balaban J connectivity index is 2.59. The van der Waals surface area contributed by atoms with E-state index in [1.165, 1.54) is 0 Å². The van der Waals surface area contributed by atoms with E-state index >= 15 is 0 Å². The summed E-state index contributed by atoms with van der Waals surface area (Å²) in [5.41, 5.74) is 1.70. The van der Waals surface area contributed by atoms with E-state index in [1.807, 2.05) is 18.7 Å². The van der Waals surface area contributed by atoms with Gasteiger partial charge in [-0.2, -0.15) is 11.8 Å². The van der Waals surface area contributed by atoms with Crippen molar-refractivity contribution in [1.82, 2.24) is 9.97 Å². The first kappa shape index (κ1) is 13.5. The number of nitrogens with zero attached hydrogens (tertiary/aromatic N) is 2. The fourth-order valence-corrected chi connectivity index (χ4v) is 2.30. The number of aliphatic hydroxyl groups is 1. The summed E-state index contributed by atoms with van der Waals surface area (Å²) >= 11 is 1.85. The molecule has 0 amide bonds. The zero-order chi connectivity index (χ0) is 12.1. The molecule has 0 aliphatic rings. The summed E-state index contributed by atoms with van der Waals surface area (Å²) in [4.78, 5) is 8.66. The molecule has 0 aliphatic heterocycles. The molecular formula is C12H20N2OS. The zero-order valence-electron chi connectivity index (χ0n) is 10.4. The smallest absolute Gasteiger partial charge is 0.138 e. The highest BCUT2D eigenvalue weighted by Gasteiger charge is 2.08. The Hall–Kier alpha value is -0.610. The lowest BCUT2D eigenvalue weighted by Gasteiger charge is -2.09. The second-order valence-electron chi connectivity index (χ2n) is 4.41. The van der Waals surface area contributed by atoms with Crippen molar-refractivity contribution in [2.24, 2.45) is 5.92 Å². The van der Waals surface area contributed by atoms with E-state index < -0.39 is 6.10 Å². The molecule has 1 heterocycles. The molecule has 1 N–H and O–H groups in total. The van der Waals surface area contributed by atoms with Crippen LogP contribution in [0.2, 0.25) is 0 Å². The van der Waals surface area contributed by atoms with Gasteiger partial charge in [0.25, 0.3) is 0 Å². The van der Waals surface area contributed by atoms with Crippen LogP contribution in [0, 0.1) is 12.8 Å². The van der Waals surface area contributed by atoms with Gasteiger partial charge in [0.2, 0.25) is 0 Å². The maximum absolute atomic E-state index is 9.46. The van der Waals surface area contributed by atoms with E-state index in [2.05, 4.69) is 23.8 Å². The average molecular weight is 240 g/mol. The van der Waals surface area contributed by atoms with Gasteiger partial charge >= 0.3 is 0 Å². The predicted molar refractivity (Wildman–Crippen MR) is 68.4 cm³/mol. The van der Waals surface area contributed by atoms with Crippen LogP contribution in [0.3, 0.4) is 0 Å². The minimum absolute atomic E-state index is 0.489. The van der Waals surface area contributed by atoms with Crippen molar-refractivity contribution in [3.63, 3.8) is 0 Å². The fourth-order valence-electron chi connectivity index (χ4n) is 1.39. The van der Waals surface area contributed by atoms with Crippen molar-refractivity contribution in [3.8, 4) is 0 Å². The molecule has 16 heavy (non-hydrogen) atoms. The van der Waals surface area contributed by atoms with Gasteiger partial charge in [0.15, 0.2) is 0 Å². The molecule has 0 bridgehead atoms. The maximum atomic E-state index is 9.46. The van der Waals surface area contributed by atoms with Gasteiger partial charge in [0.05, 0.1) is 11.9 Å². The Labute approximate surface area is 102 Å². The molecule has 1 aromatic heterocycles. The molecule has 3 nitrogen and oxygen atoms in total. The SMILES string of the molecule is Cc1nc(CSCC(C)C)ncc1[C@H](C)O. The molecule has 0 fully saturated rings. The van der Waals surface area contributed by atoms with Gasteiger partial charge in [0, 0.05) is 17.5 Å². The number of rotatable bonds is 5. The van der Waals surface area contributed by atoms with E-state index in [-0.39, 0.29) is 0 Å². The first-order valence-corrected chi connectivity index (χ1v) is 6.74. The van der Waals surface area contributed by atoms with Crippen LogP contribution in [0.4, 0.5) is 0 Å². The molecule has 90 valence electrons. The summed E-state index contributed by atoms with van der Waals surface area (Å²) in [6, 6.07) is 0. The molecule has 0 aromatic carbocycles. The average Bonchev–Trinajstić information content (AvgIpc) is 2.16. The normalized spacial score (nSPS) is 13.1. The predicted octanol–water partition coefficient (Wildman–Crippen LogP) is 2.73. The second-order valence-corrected chi connectivity index (χ2v) is 5.44. The number of thioether (sulfide) groups is 1. The molecule has 4 heteroatoms. The summed E-state index contributed by atoms with van der Waals surface area (Å²) in [5, 5.41) is 9.46. The van der Waals surface area contributed by atoms with Crippen molar-refractivity contribution < 1.29 is 5.11 Å². The van der Waals surface area contributed by atoms with Crippen molar-refractivity contribution in [2.45, 2.75) is 39.6 Å². The number of hydrogen-bond acceptors (Lipinski definition) is 4. The Morgan fingerprint density at radius 3 is 2.56 bits per heavy atom. The van der Waals surface area contributed by atoms with Crippen molar-refractivity contribution >= 4 is 11.8 Å². The standard InChI is InChI=1S/C12H20N2OS/c1-8(2)6-16-7-12-13-5-11(10(4)15)9(3)14-12/h5,8,10,15H,6-7H2,1-4H3/t10-/m0/s1. The Bertz CT molecular complexity index is 340. The third-order valence-electron chi connectivity index (χ3n) is 2.20. The van der Waals surface area contributed by atoms with E-state index in [4.69, 9.17) is 0 Å². The fraction of sp³-hybridized carbons (Fsp3) is 0.667. The van der Waals surface area contributed by atoms with Crippen LogP contribution >= 0.6 is 11.8 Å². The summed E-state index contributed by atoms with van der Waals surface area (Å²) < 4.78 is 0. The first-order chi connectivity index (χ1) is 7.50. The number of aromatic nitrogens is 2. The number of hydrogen-bond donors (Lipinski definition) is 1. The number of aliphatic hydroxyl groups excluding tert-OH is 1. The molecule has 0 spiro atoms. The molecule has 0 saturated heterocycles. The Morgan fingerprint density at radius 1 is 1.38 bits per heavy atom. The third-order valence-corrected chi connectivity index (χ3v) is 3.56. The largest absolute Gasteiger partial charge is 0.389 e. The molecule has 1 aromatic rings. The third kappa shape index (κ3) is 4.10. The van der Waals surface area contributed by atoms with Gasteiger partial charge in [-0.05, 0) is 25.5 Å². The molecular weight excluding hydrogens is 220 g/mol. The Morgan fingerprint density at radius 2 is 2.06 bits per heavy atom. The highest BCUT2D eigenvalue weighted by Crippen LogP contribution is 2.17. The summed E-state index contributed by atoms with van der Waals surface area (Å²) in [6.45, 7) is 8.06. The van der Waals surface area contributed by atoms with Crippen LogP contribution in [0.5, 0.6) is 0 Å². The molecule has 1 atom stereocenters. The van der Waals surface area contributed by atoms with E-state index in [9.17, 15) is 5.11 Å². The monoisotopic (exact) mass is 240 g/mol. The van der Waals surface area contributed by atoms with Gasteiger partial charge in [-0.25, -0.2) is 9.97 Å². The quantitative estimate of drug-likeness (QED) is 0.859. The molecule has 1 rings (SSSR count).